The van der Waals surface area contributed by atoms with Crippen molar-refractivity contribution in [2.75, 3.05) is 12.3 Å². The summed E-state index contributed by atoms with van der Waals surface area (Å²) in [4.78, 5) is 25.1. The number of alkyl halides is 3. The summed E-state index contributed by atoms with van der Waals surface area (Å²) < 4.78 is 62.9. The Morgan fingerprint density at radius 3 is 2.49 bits per heavy atom. The smallest absolute Gasteiger partial charge is 0.344 e. The van der Waals surface area contributed by atoms with E-state index in [1.165, 1.54) is 23.6 Å². The van der Waals surface area contributed by atoms with E-state index in [1.54, 1.807) is 13.0 Å². The van der Waals surface area contributed by atoms with Gasteiger partial charge in [-0.15, -0.1) is 11.3 Å². The Hall–Kier alpha value is -2.05. The number of carbonyl (C=O) groups excluding carboxylic acids is 1. The van der Waals surface area contributed by atoms with Crippen LogP contribution in [0.4, 0.5) is 13.2 Å². The molecule has 37 heavy (non-hydrogen) atoms. The van der Waals surface area contributed by atoms with Gasteiger partial charge in [0.25, 0.3) is 5.91 Å². The topological polar surface area (TPSA) is 92.3 Å². The minimum Gasteiger partial charge on any atom is -0.344 e. The fraction of sp³-hybridized carbons (Fsp3) is 0.640. The molecule has 1 N–H and O–H groups in total. The number of rotatable bonds is 8. The van der Waals surface area contributed by atoms with Crippen LogP contribution in [0.2, 0.25) is 0 Å². The Morgan fingerprint density at radius 1 is 1.22 bits per heavy atom. The van der Waals surface area contributed by atoms with E-state index in [0.717, 1.165) is 17.1 Å². The Balaban J connectivity index is 1.36. The maximum atomic E-state index is 13.0. The lowest BCUT2D eigenvalue weighted by Gasteiger charge is -2.35. The maximum Gasteiger partial charge on any atom is 0.391 e. The molecule has 1 aliphatic carbocycles. The molecule has 1 amide bonds. The Morgan fingerprint density at radius 2 is 1.92 bits per heavy atom. The van der Waals surface area contributed by atoms with Crippen molar-refractivity contribution in [1.82, 2.24) is 20.2 Å². The van der Waals surface area contributed by atoms with Gasteiger partial charge in [-0.3, -0.25) is 14.7 Å². The second-order valence-electron chi connectivity index (χ2n) is 10.3. The summed E-state index contributed by atoms with van der Waals surface area (Å²) in [7, 11) is -3.33. The molecule has 0 unspecified atom stereocenters. The van der Waals surface area contributed by atoms with E-state index in [9.17, 15) is 26.4 Å². The Kier molecular flexibility index (Phi) is 8.30. The number of pyridine rings is 1. The van der Waals surface area contributed by atoms with Gasteiger partial charge >= 0.3 is 6.18 Å². The van der Waals surface area contributed by atoms with E-state index in [2.05, 4.69) is 34.0 Å². The molecule has 2 aromatic rings. The zero-order valence-electron chi connectivity index (χ0n) is 21.2. The highest BCUT2D eigenvalue weighted by atomic mass is 32.2. The van der Waals surface area contributed by atoms with Crippen molar-refractivity contribution in [1.29, 1.82) is 0 Å². The van der Waals surface area contributed by atoms with Gasteiger partial charge < -0.3 is 5.32 Å². The number of carbonyl (C=O) groups is 1. The first kappa shape index (κ1) is 28.0. The van der Waals surface area contributed by atoms with Crippen molar-refractivity contribution < 1.29 is 26.4 Å². The van der Waals surface area contributed by atoms with Gasteiger partial charge in [0.15, 0.2) is 14.8 Å². The average molecular weight is 559 g/mol. The molecule has 0 aromatic carbocycles. The van der Waals surface area contributed by atoms with Gasteiger partial charge in [0.05, 0.1) is 40.5 Å². The highest BCUT2D eigenvalue weighted by Gasteiger charge is 2.43. The van der Waals surface area contributed by atoms with E-state index in [4.69, 9.17) is 0 Å². The van der Waals surface area contributed by atoms with Gasteiger partial charge in [0.1, 0.15) is 0 Å². The Bertz CT molecular complexity index is 1200. The molecule has 0 spiro atoms. The summed E-state index contributed by atoms with van der Waals surface area (Å²) in [5.41, 5.74) is 1.43. The molecule has 0 saturated heterocycles. The molecule has 0 radical (unpaired) electrons. The first-order chi connectivity index (χ1) is 17.4. The SMILES string of the molecule is CCS(=O)(=O)c1ccc(CNC(=O)c2nc3c(s2)CN(CC2CCC(C(F)(F)F)CC2)[C@H]3C(C)C)nc1. The summed E-state index contributed by atoms with van der Waals surface area (Å²) in [6.07, 6.45) is -1.23. The summed E-state index contributed by atoms with van der Waals surface area (Å²) >= 11 is 1.35. The third-order valence-corrected chi connectivity index (χ3v) is 10.1. The number of thiazole rings is 1. The number of amides is 1. The normalized spacial score (nSPS) is 22.8. The third-order valence-electron chi connectivity index (χ3n) is 7.34. The van der Waals surface area contributed by atoms with Crippen LogP contribution in [0, 0.1) is 17.8 Å². The lowest BCUT2D eigenvalue weighted by atomic mass is 9.81. The zero-order valence-corrected chi connectivity index (χ0v) is 22.8. The van der Waals surface area contributed by atoms with Gasteiger partial charge in [-0.25, -0.2) is 13.4 Å². The van der Waals surface area contributed by atoms with Crippen LogP contribution in [0.5, 0.6) is 0 Å². The molecule has 2 aliphatic rings. The minimum absolute atomic E-state index is 0.00649. The molecular weight excluding hydrogens is 525 g/mol. The molecule has 1 atom stereocenters. The van der Waals surface area contributed by atoms with Crippen molar-refractivity contribution in [2.45, 2.75) is 76.7 Å². The van der Waals surface area contributed by atoms with Crippen LogP contribution in [0.1, 0.15) is 78.6 Å². The van der Waals surface area contributed by atoms with Crippen molar-refractivity contribution in [3.63, 3.8) is 0 Å². The molecule has 12 heteroatoms. The second kappa shape index (κ2) is 11.0. The fourth-order valence-electron chi connectivity index (χ4n) is 5.29. The summed E-state index contributed by atoms with van der Waals surface area (Å²) in [5, 5.41) is 3.17. The van der Waals surface area contributed by atoms with Crippen LogP contribution in [0.3, 0.4) is 0 Å². The molecule has 0 bridgehead atoms. The predicted molar refractivity (Wildman–Crippen MR) is 135 cm³/mol. The lowest BCUT2D eigenvalue weighted by molar-refractivity contribution is -0.184. The number of hydrogen-bond donors (Lipinski definition) is 1. The standard InChI is InChI=1S/C25H33F3N4O3S2/c1-4-37(34,35)19-10-9-18(29-12-19)11-30-23(33)24-31-21-20(36-24)14-32(22(21)15(2)3)13-16-5-7-17(8-6-16)25(26,27)28/h9-10,12,15-17,22H,4-8,11,13-14H2,1-3H3,(H,30,33)/t16?,17?,22-/m0/s1. The first-order valence-corrected chi connectivity index (χ1v) is 15.1. The highest BCUT2D eigenvalue weighted by Crippen LogP contribution is 2.44. The number of hydrogen-bond acceptors (Lipinski definition) is 7. The van der Waals surface area contributed by atoms with Gasteiger partial charge in [-0.1, -0.05) is 20.8 Å². The van der Waals surface area contributed by atoms with Gasteiger partial charge in [0, 0.05) is 24.2 Å². The molecule has 2 aromatic heterocycles. The largest absolute Gasteiger partial charge is 0.391 e. The summed E-state index contributed by atoms with van der Waals surface area (Å²) in [6.45, 7) is 7.31. The number of nitrogens with one attached hydrogen (secondary N) is 1. The lowest BCUT2D eigenvalue weighted by Crippen LogP contribution is -2.35. The van der Waals surface area contributed by atoms with Gasteiger partial charge in [0.2, 0.25) is 0 Å². The van der Waals surface area contributed by atoms with Crippen LogP contribution in [-0.2, 0) is 22.9 Å². The molecule has 7 nitrogen and oxygen atoms in total. The van der Waals surface area contributed by atoms with Gasteiger partial charge in [-0.2, -0.15) is 13.2 Å². The zero-order chi connectivity index (χ0) is 27.0. The van der Waals surface area contributed by atoms with E-state index in [-0.39, 0.29) is 53.8 Å². The number of aromatic nitrogens is 2. The summed E-state index contributed by atoms with van der Waals surface area (Å²) in [6, 6.07) is 3.10. The van der Waals surface area contributed by atoms with Crippen LogP contribution >= 0.6 is 11.3 Å². The monoisotopic (exact) mass is 558 g/mol. The third kappa shape index (κ3) is 6.34. The number of halogens is 3. The molecule has 3 heterocycles. The maximum absolute atomic E-state index is 13.0. The van der Waals surface area contributed by atoms with Crippen molar-refractivity contribution in [3.8, 4) is 0 Å². The van der Waals surface area contributed by atoms with Crippen LogP contribution < -0.4 is 5.32 Å². The average Bonchev–Trinajstić information content (AvgIpc) is 3.40. The van der Waals surface area contributed by atoms with Crippen LogP contribution in [0.15, 0.2) is 23.2 Å². The minimum atomic E-state index is -4.10. The van der Waals surface area contributed by atoms with Crippen LogP contribution in [-0.4, -0.2) is 47.7 Å². The highest BCUT2D eigenvalue weighted by molar-refractivity contribution is 7.91. The van der Waals surface area contributed by atoms with Crippen molar-refractivity contribution in [3.05, 3.63) is 39.6 Å². The quantitative estimate of drug-likeness (QED) is 0.482. The fourth-order valence-corrected chi connectivity index (χ4v) is 7.16. The molecule has 1 fully saturated rings. The molecular formula is C25H33F3N4O3S2. The van der Waals surface area contributed by atoms with E-state index in [1.807, 2.05) is 0 Å². The van der Waals surface area contributed by atoms with Gasteiger partial charge in [-0.05, 0) is 49.7 Å². The van der Waals surface area contributed by atoms with E-state index in [0.29, 0.717) is 30.1 Å². The molecule has 1 aliphatic heterocycles. The number of fused-ring (bicyclic) bond motifs is 1. The second-order valence-corrected chi connectivity index (χ2v) is 13.6. The number of sulfone groups is 1. The van der Waals surface area contributed by atoms with Crippen molar-refractivity contribution >= 4 is 27.1 Å². The molecule has 4 rings (SSSR count). The van der Waals surface area contributed by atoms with E-state index < -0.39 is 21.9 Å². The Labute approximate surface area is 219 Å². The summed E-state index contributed by atoms with van der Waals surface area (Å²) in [5.74, 6) is -1.01. The van der Waals surface area contributed by atoms with E-state index >= 15 is 0 Å². The molecule has 204 valence electrons. The number of nitrogens with zero attached hydrogens (tertiary/aromatic N) is 3. The predicted octanol–water partition coefficient (Wildman–Crippen LogP) is 5.14. The van der Waals surface area contributed by atoms with Crippen LogP contribution in [0.25, 0.3) is 0 Å². The molecule has 1 saturated carbocycles. The first-order valence-electron chi connectivity index (χ1n) is 12.6. The van der Waals surface area contributed by atoms with Crippen molar-refractivity contribution in [2.24, 2.45) is 17.8 Å².